The summed E-state index contributed by atoms with van der Waals surface area (Å²) in [4.78, 5) is 24.7. The number of hydrogen-bond donors (Lipinski definition) is 4. The standard InChI is InChI=1S/C31H30N2O8/c1-38-26-7-3-5-9-28(26)40-18-30(36)32-22-13-11-20(16-24(22)34)15-21-12-14-23(25(35)17-21)33-31(37)19-41-29-10-6-4-8-27(29)39-2/h3-14,16-17,34-35H,15,18-19H2,1-2H3,(H,32,36)(H,33,37). The van der Waals surface area contributed by atoms with Crippen molar-refractivity contribution in [2.75, 3.05) is 38.1 Å². The molecule has 10 heteroatoms. The van der Waals surface area contributed by atoms with E-state index in [1.807, 2.05) is 0 Å². The first-order valence-corrected chi connectivity index (χ1v) is 12.6. The Hall–Kier alpha value is -5.38. The summed E-state index contributed by atoms with van der Waals surface area (Å²) in [5, 5.41) is 26.2. The average molecular weight is 559 g/mol. The van der Waals surface area contributed by atoms with Crippen molar-refractivity contribution in [1.82, 2.24) is 0 Å². The second-order valence-corrected chi connectivity index (χ2v) is 8.86. The van der Waals surface area contributed by atoms with Crippen LogP contribution in [0.5, 0.6) is 34.5 Å². The van der Waals surface area contributed by atoms with E-state index in [2.05, 4.69) is 10.6 Å². The fourth-order valence-corrected chi connectivity index (χ4v) is 3.96. The predicted molar refractivity (Wildman–Crippen MR) is 153 cm³/mol. The monoisotopic (exact) mass is 558 g/mol. The van der Waals surface area contributed by atoms with Crippen LogP contribution in [-0.4, -0.2) is 49.5 Å². The number of benzene rings is 4. The Morgan fingerprint density at radius 2 is 1.00 bits per heavy atom. The molecule has 4 N–H and O–H groups in total. The van der Waals surface area contributed by atoms with Crippen LogP contribution in [0.25, 0.3) is 0 Å². The van der Waals surface area contributed by atoms with Gasteiger partial charge in [0.1, 0.15) is 11.5 Å². The van der Waals surface area contributed by atoms with E-state index in [1.54, 1.807) is 72.8 Å². The van der Waals surface area contributed by atoms with E-state index in [1.165, 1.54) is 26.4 Å². The number of aromatic hydroxyl groups is 2. The maximum Gasteiger partial charge on any atom is 0.262 e. The number of anilines is 2. The van der Waals surface area contributed by atoms with E-state index in [-0.39, 0.29) is 36.1 Å². The molecule has 0 heterocycles. The quantitative estimate of drug-likeness (QED) is 0.183. The largest absolute Gasteiger partial charge is 0.506 e. The summed E-state index contributed by atoms with van der Waals surface area (Å²) >= 11 is 0. The van der Waals surface area contributed by atoms with E-state index in [0.29, 0.717) is 29.4 Å². The predicted octanol–water partition coefficient (Wildman–Crippen LogP) is 4.74. The van der Waals surface area contributed by atoms with E-state index in [0.717, 1.165) is 11.1 Å². The molecule has 0 spiro atoms. The number of carbonyl (C=O) groups is 2. The van der Waals surface area contributed by atoms with Crippen molar-refractivity contribution in [3.8, 4) is 34.5 Å². The molecule has 0 saturated carbocycles. The summed E-state index contributed by atoms with van der Waals surface area (Å²) in [6.45, 7) is -0.535. The first-order chi connectivity index (χ1) is 19.9. The normalized spacial score (nSPS) is 10.4. The van der Waals surface area contributed by atoms with Crippen LogP contribution >= 0.6 is 0 Å². The lowest BCUT2D eigenvalue weighted by Gasteiger charge is -2.13. The summed E-state index contributed by atoms with van der Waals surface area (Å²) < 4.78 is 21.4. The molecule has 0 bridgehead atoms. The Labute approximate surface area is 237 Å². The van der Waals surface area contributed by atoms with Gasteiger partial charge in [0, 0.05) is 0 Å². The number of amides is 2. The Kier molecular flexibility index (Phi) is 9.50. The minimum atomic E-state index is -0.449. The Bertz CT molecular complexity index is 1410. The van der Waals surface area contributed by atoms with Crippen molar-refractivity contribution < 1.29 is 38.7 Å². The molecule has 4 aromatic rings. The minimum Gasteiger partial charge on any atom is -0.506 e. The molecule has 0 aromatic heterocycles. The van der Waals surface area contributed by atoms with Gasteiger partial charge in [0.15, 0.2) is 36.2 Å². The van der Waals surface area contributed by atoms with Gasteiger partial charge >= 0.3 is 0 Å². The van der Waals surface area contributed by atoms with Crippen molar-refractivity contribution in [3.05, 3.63) is 96.1 Å². The molecule has 212 valence electrons. The van der Waals surface area contributed by atoms with Gasteiger partial charge in [-0.05, 0) is 66.1 Å². The Morgan fingerprint density at radius 3 is 1.37 bits per heavy atom. The number of rotatable bonds is 12. The topological polar surface area (TPSA) is 136 Å². The number of para-hydroxylation sites is 4. The molecule has 0 saturated heterocycles. The van der Waals surface area contributed by atoms with Crippen LogP contribution in [0.1, 0.15) is 11.1 Å². The van der Waals surface area contributed by atoms with Gasteiger partial charge in [-0.15, -0.1) is 0 Å². The van der Waals surface area contributed by atoms with Gasteiger partial charge in [-0.1, -0.05) is 36.4 Å². The molecule has 10 nitrogen and oxygen atoms in total. The van der Waals surface area contributed by atoms with E-state index < -0.39 is 11.8 Å². The molecule has 4 aromatic carbocycles. The van der Waals surface area contributed by atoms with Gasteiger partial charge in [-0.25, -0.2) is 0 Å². The summed E-state index contributed by atoms with van der Waals surface area (Å²) in [6.07, 6.45) is 0.386. The third-order valence-corrected chi connectivity index (χ3v) is 5.94. The second-order valence-electron chi connectivity index (χ2n) is 8.86. The number of carbonyl (C=O) groups excluding carboxylic acids is 2. The van der Waals surface area contributed by atoms with Crippen molar-refractivity contribution in [3.63, 3.8) is 0 Å². The second kappa shape index (κ2) is 13.6. The zero-order valence-corrected chi connectivity index (χ0v) is 22.5. The fourth-order valence-electron chi connectivity index (χ4n) is 3.96. The number of phenols is 2. The maximum absolute atomic E-state index is 12.3. The zero-order chi connectivity index (χ0) is 29.2. The van der Waals surface area contributed by atoms with Crippen LogP contribution < -0.4 is 29.6 Å². The number of phenolic OH excluding ortho intramolecular Hbond substituents is 2. The van der Waals surface area contributed by atoms with Crippen molar-refractivity contribution in [1.29, 1.82) is 0 Å². The first kappa shape index (κ1) is 28.6. The molecular weight excluding hydrogens is 528 g/mol. The van der Waals surface area contributed by atoms with E-state index in [4.69, 9.17) is 18.9 Å². The highest BCUT2D eigenvalue weighted by Gasteiger charge is 2.13. The molecule has 0 fully saturated rings. The number of nitrogens with one attached hydrogen (secondary N) is 2. The molecule has 0 unspecified atom stereocenters. The lowest BCUT2D eigenvalue weighted by Crippen LogP contribution is -2.20. The van der Waals surface area contributed by atoms with Gasteiger partial charge in [0.25, 0.3) is 11.8 Å². The molecule has 41 heavy (non-hydrogen) atoms. The van der Waals surface area contributed by atoms with Crippen LogP contribution in [0.15, 0.2) is 84.9 Å². The Morgan fingerprint density at radius 1 is 0.610 bits per heavy atom. The molecule has 2 amide bonds. The van der Waals surface area contributed by atoms with Crippen molar-refractivity contribution in [2.24, 2.45) is 0 Å². The van der Waals surface area contributed by atoms with Crippen LogP contribution in [0.4, 0.5) is 11.4 Å². The van der Waals surface area contributed by atoms with E-state index >= 15 is 0 Å². The van der Waals surface area contributed by atoms with Gasteiger partial charge in [-0.3, -0.25) is 9.59 Å². The molecular formula is C31H30N2O8. The summed E-state index contributed by atoms with van der Waals surface area (Å²) in [5.41, 5.74) is 1.96. The van der Waals surface area contributed by atoms with E-state index in [9.17, 15) is 19.8 Å². The molecule has 0 radical (unpaired) electrons. The number of hydrogen-bond acceptors (Lipinski definition) is 8. The van der Waals surface area contributed by atoms with Crippen molar-refractivity contribution >= 4 is 23.2 Å². The van der Waals surface area contributed by atoms with Gasteiger partial charge in [0.05, 0.1) is 25.6 Å². The fraction of sp³-hybridized carbons (Fsp3) is 0.161. The Balaban J connectivity index is 1.30. The summed E-state index contributed by atoms with van der Waals surface area (Å²) in [7, 11) is 3.02. The zero-order valence-electron chi connectivity index (χ0n) is 22.5. The third kappa shape index (κ3) is 7.82. The molecule has 0 aliphatic heterocycles. The molecule has 0 aliphatic rings. The minimum absolute atomic E-state index is 0.115. The number of methoxy groups -OCH3 is 2. The van der Waals surface area contributed by atoms with Crippen LogP contribution in [-0.2, 0) is 16.0 Å². The van der Waals surface area contributed by atoms with Gasteiger partial charge < -0.3 is 39.8 Å². The maximum atomic E-state index is 12.3. The molecule has 4 rings (SSSR count). The number of ether oxygens (including phenoxy) is 4. The SMILES string of the molecule is COc1ccccc1OCC(=O)Nc1ccc(Cc2ccc(NC(=O)COc3ccccc3OC)c(O)c2)cc1O. The first-order valence-electron chi connectivity index (χ1n) is 12.6. The highest BCUT2D eigenvalue weighted by molar-refractivity contribution is 5.94. The third-order valence-electron chi connectivity index (χ3n) is 5.94. The average Bonchev–Trinajstić information content (AvgIpc) is 2.98. The summed E-state index contributed by atoms with van der Waals surface area (Å²) in [5.74, 6) is 0.746. The van der Waals surface area contributed by atoms with Gasteiger partial charge in [-0.2, -0.15) is 0 Å². The lowest BCUT2D eigenvalue weighted by atomic mass is 10.0. The van der Waals surface area contributed by atoms with Crippen LogP contribution in [0.3, 0.4) is 0 Å². The van der Waals surface area contributed by atoms with Crippen molar-refractivity contribution in [2.45, 2.75) is 6.42 Å². The molecule has 0 atom stereocenters. The molecule has 0 aliphatic carbocycles. The summed E-state index contributed by atoms with van der Waals surface area (Å²) in [6, 6.07) is 23.7. The van der Waals surface area contributed by atoms with Crippen LogP contribution in [0.2, 0.25) is 0 Å². The van der Waals surface area contributed by atoms with Crippen LogP contribution in [0, 0.1) is 0 Å². The highest BCUT2D eigenvalue weighted by atomic mass is 16.5. The smallest absolute Gasteiger partial charge is 0.262 e. The highest BCUT2D eigenvalue weighted by Crippen LogP contribution is 2.30. The van der Waals surface area contributed by atoms with Gasteiger partial charge in [0.2, 0.25) is 0 Å². The lowest BCUT2D eigenvalue weighted by molar-refractivity contribution is -0.118.